The molecule has 5 fully saturated rings. The van der Waals surface area contributed by atoms with E-state index in [1.54, 1.807) is 29.0 Å². The quantitative estimate of drug-likeness (QED) is 0.0130. The summed E-state index contributed by atoms with van der Waals surface area (Å²) in [5.74, 6) is -1.97. The van der Waals surface area contributed by atoms with E-state index in [1.807, 2.05) is 106 Å². The molecule has 99 heavy (non-hydrogen) atoms. The Kier molecular flexibility index (Phi) is 23.3. The number of anilines is 2. The van der Waals surface area contributed by atoms with Crippen LogP contribution in [0.4, 0.5) is 28.9 Å². The number of aromatic nitrogens is 1. The summed E-state index contributed by atoms with van der Waals surface area (Å²) in [6.45, 7) is 18.8. The fourth-order valence-electron chi connectivity index (χ4n) is 14.6. The molecule has 2 aliphatic heterocycles. The van der Waals surface area contributed by atoms with Gasteiger partial charge in [0.15, 0.2) is 0 Å². The predicted octanol–water partition coefficient (Wildman–Crippen LogP) is 12.3. The Morgan fingerprint density at radius 1 is 0.859 bits per heavy atom. The number of sulfone groups is 1. The van der Waals surface area contributed by atoms with Gasteiger partial charge in [-0.25, -0.2) is 30.9 Å². The average molecular weight is 1450 g/mol. The van der Waals surface area contributed by atoms with E-state index in [0.717, 1.165) is 96.2 Å². The highest BCUT2D eigenvalue weighted by Crippen LogP contribution is 2.74. The number of aliphatic hydroxyl groups is 1. The van der Waals surface area contributed by atoms with Gasteiger partial charge in [0, 0.05) is 85.5 Å². The highest BCUT2D eigenvalue weighted by molar-refractivity contribution is 7.99. The van der Waals surface area contributed by atoms with Gasteiger partial charge < -0.3 is 35.8 Å². The number of amides is 4. The molecule has 6 aliphatic rings. The number of allylic oxidation sites excluding steroid dienone is 1. The number of rotatable bonds is 29. The minimum atomic E-state index is -6.17. The molecule has 3 heterocycles. The lowest BCUT2D eigenvalue weighted by Crippen LogP contribution is -2.65. The minimum absolute atomic E-state index is 0.0389. The van der Waals surface area contributed by atoms with E-state index in [2.05, 4.69) is 44.6 Å². The number of thioether (sulfide) groups is 1. The average Bonchev–Trinajstić information content (AvgIpc) is 0.964. The third-order valence-electron chi connectivity index (χ3n) is 20.3. The Bertz CT molecular complexity index is 3950. The fourth-order valence-corrected chi connectivity index (χ4v) is 18.4. The number of alkyl halides is 4. The molecule has 4 amide bonds. The molecule has 5 N–H and O–H groups in total. The first-order chi connectivity index (χ1) is 46.6. The second-order valence-corrected chi connectivity index (χ2v) is 35.4. The number of carbonyl (C=O) groups excluding carboxylic acids is 4. The highest BCUT2D eigenvalue weighted by Gasteiger charge is 2.71. The molecular weight excluding hydrogens is 1350 g/mol. The summed E-state index contributed by atoms with van der Waals surface area (Å²) >= 11 is 2.95. The van der Waals surface area contributed by atoms with E-state index < -0.39 is 99.9 Å². The van der Waals surface area contributed by atoms with Crippen LogP contribution in [0.25, 0.3) is 10.4 Å². The maximum absolute atomic E-state index is 14.7. The summed E-state index contributed by atoms with van der Waals surface area (Å²) in [5.41, 5.74) is 0.616. The van der Waals surface area contributed by atoms with Crippen LogP contribution in [0.1, 0.15) is 153 Å². The van der Waals surface area contributed by atoms with Crippen molar-refractivity contribution in [1.82, 2.24) is 35.0 Å². The molecule has 4 aromatic carbocycles. The molecule has 18 nitrogen and oxygen atoms in total. The molecular formula is C73H95F4N9O9S4. The SMILES string of the molecule is Cc1ncsc1-c1ccc([C@H](C)NC(=O)[C@@H]2C[C@@H](O)CN2C(=O)[C@@H](NC(=O)CCCCCCN(C)CC[C@H](CSc2ccccc2)Nc2ccc(S(=O)(=O)NC(=O)c3ccc(N4CCN(CC5=C(C67CC(F)(C6)C7)CC(C)(C)CC5)CC4)cc3)cc2S(=O)(=O)C(F)(F)F)C(C)(C)C)cc1. The van der Waals surface area contributed by atoms with Crippen molar-refractivity contribution in [3.05, 3.63) is 131 Å². The Labute approximate surface area is 588 Å². The molecule has 26 heteroatoms. The lowest BCUT2D eigenvalue weighted by Gasteiger charge is -2.68. The first kappa shape index (κ1) is 75.2. The van der Waals surface area contributed by atoms with Gasteiger partial charge in [0.05, 0.1) is 38.8 Å². The monoisotopic (exact) mass is 1450 g/mol. The zero-order valence-electron chi connectivity index (χ0n) is 57.9. The van der Waals surface area contributed by atoms with Gasteiger partial charge in [-0.2, -0.15) is 13.2 Å². The van der Waals surface area contributed by atoms with Gasteiger partial charge in [0.1, 0.15) is 22.6 Å². The van der Waals surface area contributed by atoms with Gasteiger partial charge in [0.25, 0.3) is 25.8 Å². The molecule has 2 bridgehead atoms. The number of thiazole rings is 1. The molecule has 2 saturated heterocycles. The standard InChI is InChI=1S/C73H95F4N9O9S4/c1-48(50-19-21-51(22-20-50)64-49(2)78-47-97-64)79-67(90)61-38-56(87)42-86(61)68(91)65(69(3,4)5)81-63(88)18-14-9-10-15-32-83(8)33-30-54(43-96-57-16-12-11-13-17-57)80-60-28-27-58(39-62(60)98(92,93)73(75,76)77)99(94,95)82-66(89)52-23-25-55(26-24-52)85-36-34-84(35-37-85)41-53-29-31-70(6,7)40-59(53)71-44-72(74,45-71)46-71/h11-13,16-17,19-28,39,47-48,54,56,61,65,80,87H,9-10,14-15,18,29-38,40-46H2,1-8H3,(H,79,90)(H,81,88)(H,82,89)/t48-,54+,56+,61-,65+,71?,72?/m0/s1. The maximum atomic E-state index is 14.7. The van der Waals surface area contributed by atoms with Crippen LogP contribution in [-0.4, -0.2) is 166 Å². The molecule has 0 radical (unpaired) electrons. The summed E-state index contributed by atoms with van der Waals surface area (Å²) in [5, 5.41) is 19.7. The Morgan fingerprint density at radius 2 is 1.54 bits per heavy atom. The molecule has 3 saturated carbocycles. The first-order valence-electron chi connectivity index (χ1n) is 34.3. The molecule has 1 aromatic heterocycles. The van der Waals surface area contributed by atoms with Gasteiger partial charge in [-0.05, 0) is 168 Å². The molecule has 4 aliphatic carbocycles. The van der Waals surface area contributed by atoms with Crippen LogP contribution in [0, 0.1) is 23.2 Å². The van der Waals surface area contributed by atoms with Gasteiger partial charge in [-0.1, -0.05) is 101 Å². The number of β-amino-alcohol motifs (C(OH)–C–C–N with tert-alkyl or cyclic N) is 1. The topological polar surface area (TPSA) is 231 Å². The van der Waals surface area contributed by atoms with E-state index in [1.165, 1.54) is 39.9 Å². The van der Waals surface area contributed by atoms with Crippen molar-refractivity contribution in [1.29, 1.82) is 0 Å². The molecule has 0 unspecified atom stereocenters. The normalized spacial score (nSPS) is 22.1. The van der Waals surface area contributed by atoms with Gasteiger partial charge in [-0.3, -0.25) is 24.1 Å². The van der Waals surface area contributed by atoms with Crippen LogP contribution in [0.3, 0.4) is 0 Å². The number of halogens is 4. The second kappa shape index (κ2) is 30.6. The maximum Gasteiger partial charge on any atom is 0.501 e. The van der Waals surface area contributed by atoms with Crippen LogP contribution in [0.15, 0.2) is 128 Å². The number of aryl methyl sites for hydroxylation is 1. The number of likely N-dealkylation sites (tertiary alicyclic amines) is 1. The van der Waals surface area contributed by atoms with Gasteiger partial charge in [-0.15, -0.1) is 23.1 Å². The van der Waals surface area contributed by atoms with Crippen molar-refractivity contribution >= 4 is 78.0 Å². The first-order valence-corrected chi connectivity index (χ1v) is 39.2. The van der Waals surface area contributed by atoms with E-state index in [9.17, 15) is 58.7 Å². The van der Waals surface area contributed by atoms with Crippen molar-refractivity contribution in [2.75, 3.05) is 75.4 Å². The van der Waals surface area contributed by atoms with Gasteiger partial charge in [0.2, 0.25) is 17.7 Å². The third kappa shape index (κ3) is 18.3. The van der Waals surface area contributed by atoms with E-state index in [0.29, 0.717) is 70.8 Å². The fraction of sp³-hybridized carbons (Fsp3) is 0.548. The lowest BCUT2D eigenvalue weighted by molar-refractivity contribution is -0.193. The summed E-state index contributed by atoms with van der Waals surface area (Å²) in [4.78, 5) is 67.3. The van der Waals surface area contributed by atoms with Crippen LogP contribution < -0.4 is 25.6 Å². The number of nitrogens with zero attached hydrogens (tertiary/aromatic N) is 5. The molecule has 538 valence electrons. The molecule has 5 atom stereocenters. The number of carbonyl (C=O) groups is 4. The van der Waals surface area contributed by atoms with Crippen molar-refractivity contribution in [2.45, 2.75) is 188 Å². The number of aliphatic hydroxyl groups excluding tert-OH is 1. The highest BCUT2D eigenvalue weighted by atomic mass is 32.2. The van der Waals surface area contributed by atoms with Crippen molar-refractivity contribution < 1.29 is 58.7 Å². The molecule has 11 rings (SSSR count). The largest absolute Gasteiger partial charge is 0.501 e. The summed E-state index contributed by atoms with van der Waals surface area (Å²) in [6, 6.07) is 22.8. The second-order valence-electron chi connectivity index (χ2n) is 29.8. The summed E-state index contributed by atoms with van der Waals surface area (Å²) < 4.78 is 115. The zero-order chi connectivity index (χ0) is 71.5. The number of piperazine rings is 1. The number of hydrogen-bond donors (Lipinski definition) is 5. The van der Waals surface area contributed by atoms with Gasteiger partial charge >= 0.3 is 5.51 Å². The Hall–Kier alpha value is -6.42. The van der Waals surface area contributed by atoms with E-state index in [-0.39, 0.29) is 47.4 Å². The zero-order valence-corrected chi connectivity index (χ0v) is 61.1. The Balaban J connectivity index is 0.700. The number of sulfonamides is 1. The van der Waals surface area contributed by atoms with Crippen LogP contribution in [0.5, 0.6) is 0 Å². The van der Waals surface area contributed by atoms with E-state index >= 15 is 0 Å². The van der Waals surface area contributed by atoms with Crippen molar-refractivity contribution in [3.8, 4) is 10.4 Å². The van der Waals surface area contributed by atoms with E-state index in [4.69, 9.17) is 0 Å². The number of nitrogens with one attached hydrogen (secondary N) is 4. The van der Waals surface area contributed by atoms with Crippen LogP contribution in [-0.2, 0) is 34.2 Å². The summed E-state index contributed by atoms with van der Waals surface area (Å²) in [7, 11) is -9.22. The third-order valence-corrected chi connectivity index (χ3v) is 25.3. The summed E-state index contributed by atoms with van der Waals surface area (Å²) in [6.07, 6.45) is 7.37. The molecule has 5 aromatic rings. The van der Waals surface area contributed by atoms with Crippen LogP contribution in [0.2, 0.25) is 0 Å². The smallest absolute Gasteiger partial charge is 0.391 e. The number of benzene rings is 4. The van der Waals surface area contributed by atoms with Crippen LogP contribution >= 0.6 is 23.1 Å². The van der Waals surface area contributed by atoms with Crippen molar-refractivity contribution in [3.63, 3.8) is 0 Å². The minimum Gasteiger partial charge on any atom is -0.391 e. The number of hydrogen-bond acceptors (Lipinski definition) is 16. The van der Waals surface area contributed by atoms with Crippen molar-refractivity contribution in [2.24, 2.45) is 16.2 Å². The Morgan fingerprint density at radius 3 is 2.17 bits per heavy atom. The predicted molar refractivity (Wildman–Crippen MR) is 380 cm³/mol. The molecule has 0 spiro atoms. The lowest BCUT2D eigenvalue weighted by atomic mass is 9.38. The number of unbranched alkanes of at least 4 members (excludes halogenated alkanes) is 3.